The fourth-order valence-electron chi connectivity index (χ4n) is 19.6. The summed E-state index contributed by atoms with van der Waals surface area (Å²) in [7, 11) is -4.11. The average Bonchev–Trinajstić information content (AvgIpc) is 3.67. The molecule has 0 aromatic carbocycles. The van der Waals surface area contributed by atoms with Crippen molar-refractivity contribution in [2.24, 2.45) is 86.8 Å². The predicted molar refractivity (Wildman–Crippen MR) is 263 cm³/mol. The van der Waals surface area contributed by atoms with E-state index in [2.05, 4.69) is 57.5 Å². The molecule has 14 heteroatoms. The second-order valence-electron chi connectivity index (χ2n) is 26.2. The van der Waals surface area contributed by atoms with E-state index in [4.69, 9.17) is 9.29 Å². The molecule has 8 aliphatic carbocycles. The molecule has 0 aromatic rings. The zero-order valence-corrected chi connectivity index (χ0v) is 43.8. The van der Waals surface area contributed by atoms with Gasteiger partial charge in [-0.3, -0.25) is 23.7 Å². The number of aliphatic carboxylic acids is 1. The molecule has 9 aliphatic rings. The number of carboxylic acid groups (broad SMARTS) is 1. The lowest BCUT2D eigenvalue weighted by atomic mass is 9.43. The number of aliphatic hydroxyl groups is 1. The summed E-state index contributed by atoms with van der Waals surface area (Å²) in [5.41, 5.74) is 0.631. The Morgan fingerprint density at radius 3 is 1.84 bits per heavy atom. The zero-order valence-electron chi connectivity index (χ0n) is 42.9. The number of ether oxygens (including phenoxy) is 1. The van der Waals surface area contributed by atoms with Gasteiger partial charge in [0, 0.05) is 44.3 Å². The van der Waals surface area contributed by atoms with Gasteiger partial charge in [-0.25, -0.2) is 0 Å². The molecule has 4 unspecified atom stereocenters. The van der Waals surface area contributed by atoms with Gasteiger partial charge in [0.1, 0.15) is 5.60 Å². The van der Waals surface area contributed by atoms with E-state index in [0.29, 0.717) is 91.0 Å². The van der Waals surface area contributed by atoms with Gasteiger partial charge < -0.3 is 30.9 Å². The number of nitrogens with one attached hydrogen (secondary N) is 3. The van der Waals surface area contributed by atoms with E-state index in [1.165, 1.54) is 25.7 Å². The van der Waals surface area contributed by atoms with Crippen molar-refractivity contribution < 1.29 is 47.1 Å². The molecule has 0 aromatic heterocycles. The molecule has 390 valence electrons. The Hall–Kier alpha value is -2.29. The Balaban J connectivity index is 0.702. The topological polar surface area (TPSA) is 212 Å². The van der Waals surface area contributed by atoms with Crippen LogP contribution in [0.1, 0.15) is 189 Å². The maximum Gasteiger partial charge on any atom is 0.303 e. The van der Waals surface area contributed by atoms with Gasteiger partial charge in [-0.15, -0.1) is 0 Å². The predicted octanol–water partition coefficient (Wildman–Crippen LogP) is 8.47. The van der Waals surface area contributed by atoms with E-state index >= 15 is 0 Å². The minimum atomic E-state index is -4.11. The van der Waals surface area contributed by atoms with E-state index < -0.39 is 21.8 Å². The van der Waals surface area contributed by atoms with Crippen molar-refractivity contribution in [1.29, 1.82) is 0 Å². The molecule has 1 heterocycles. The van der Waals surface area contributed by atoms with Crippen LogP contribution in [-0.2, 0) is 34.0 Å². The van der Waals surface area contributed by atoms with Crippen LogP contribution in [-0.4, -0.2) is 89.1 Å². The first-order chi connectivity index (χ1) is 32.5. The van der Waals surface area contributed by atoms with Crippen molar-refractivity contribution in [3.05, 3.63) is 0 Å². The molecular weight excluding hydrogens is 895 g/mol. The third-order valence-electron chi connectivity index (χ3n) is 23.1. The van der Waals surface area contributed by atoms with E-state index in [0.717, 1.165) is 89.9 Å². The quantitative estimate of drug-likeness (QED) is 0.0605. The minimum Gasteiger partial charge on any atom is -0.481 e. The Morgan fingerprint density at radius 2 is 1.19 bits per heavy atom. The summed E-state index contributed by atoms with van der Waals surface area (Å²) in [4.78, 5) is 50.7. The van der Waals surface area contributed by atoms with Crippen molar-refractivity contribution in [2.45, 2.75) is 219 Å². The third-order valence-corrected chi connectivity index (χ3v) is 23.8. The highest BCUT2D eigenvalue weighted by atomic mass is 32.2. The number of hydrogen-bond acceptors (Lipinski definition) is 8. The lowest BCUT2D eigenvalue weighted by Crippen LogP contribution is -2.60. The molecule has 0 bridgehead atoms. The first-order valence-electron chi connectivity index (χ1n) is 27.9. The van der Waals surface area contributed by atoms with Crippen LogP contribution in [0.3, 0.4) is 0 Å². The number of rotatable bonds is 17. The molecule has 1 spiro atoms. The summed E-state index contributed by atoms with van der Waals surface area (Å²) >= 11 is 0. The Morgan fingerprint density at radius 1 is 0.638 bits per heavy atom. The number of hydrogen-bond donors (Lipinski definition) is 6. The maximum absolute atomic E-state index is 13.4. The molecule has 1 saturated heterocycles. The molecule has 69 heavy (non-hydrogen) atoms. The van der Waals surface area contributed by atoms with Crippen LogP contribution in [0.4, 0.5) is 0 Å². The molecule has 20 atom stereocenters. The molecule has 9 rings (SSSR count). The van der Waals surface area contributed by atoms with Crippen LogP contribution in [0.25, 0.3) is 0 Å². The first-order valence-corrected chi connectivity index (χ1v) is 29.5. The van der Waals surface area contributed by atoms with E-state index in [1.54, 1.807) is 0 Å². The molecule has 9 fully saturated rings. The highest BCUT2D eigenvalue weighted by molar-refractivity contribution is 7.85. The molecule has 1 aliphatic heterocycles. The van der Waals surface area contributed by atoms with Crippen molar-refractivity contribution in [1.82, 2.24) is 16.0 Å². The largest absolute Gasteiger partial charge is 0.481 e. The summed E-state index contributed by atoms with van der Waals surface area (Å²) in [5.74, 6) is 3.60. The van der Waals surface area contributed by atoms with Gasteiger partial charge in [0.2, 0.25) is 17.7 Å². The molecule has 3 amide bonds. The standard InChI is InChI=1S/C55H89N3O10S/c1-32(10-16-46(60)56-26-27-69(65,66)67)38-12-13-40-50-41(20-24-53(38,40)5)51(3)22-18-36(28-34(51)30-42(50)59)57-47(61)8-7-9-48(62)58-37-19-23-52(4)35(29-37)31-45-55(68-45)43-15-14-39(33(2)11-17-49(63)64)54(43,6)25-21-44(52)55/h32-45,50,59H,7-31H2,1-6H3,(H,56,60)(H,57,61)(H,58,62)(H,63,64)(H,65,66,67)/t32-,33+,34?,35?,36-,37+,38-,39+,40?,41?,42+,43+,44-,45-,50+,51+,52-,53-,54+,55+/m0/s1. The average molecular weight is 984 g/mol. The van der Waals surface area contributed by atoms with Gasteiger partial charge in [0.15, 0.2) is 0 Å². The van der Waals surface area contributed by atoms with Gasteiger partial charge >= 0.3 is 5.97 Å². The van der Waals surface area contributed by atoms with Crippen LogP contribution < -0.4 is 16.0 Å². The number of epoxide rings is 1. The normalized spacial score (nSPS) is 45.9. The molecule has 13 nitrogen and oxygen atoms in total. The Kier molecular flexibility index (Phi) is 14.4. The fourth-order valence-corrected chi connectivity index (χ4v) is 20.0. The van der Waals surface area contributed by atoms with Crippen LogP contribution in [0.2, 0.25) is 0 Å². The van der Waals surface area contributed by atoms with Crippen molar-refractivity contribution in [3.8, 4) is 0 Å². The van der Waals surface area contributed by atoms with Gasteiger partial charge in [0.05, 0.1) is 18.0 Å². The number of amides is 3. The van der Waals surface area contributed by atoms with Crippen LogP contribution in [0, 0.1) is 86.8 Å². The smallest absolute Gasteiger partial charge is 0.303 e. The van der Waals surface area contributed by atoms with Crippen molar-refractivity contribution in [3.63, 3.8) is 0 Å². The summed E-state index contributed by atoms with van der Waals surface area (Å²) in [6.07, 6.45) is 20.2. The first kappa shape index (κ1) is 51.6. The number of fused-ring (bicyclic) bond motifs is 8. The van der Waals surface area contributed by atoms with Gasteiger partial charge in [-0.05, 0) is 209 Å². The van der Waals surface area contributed by atoms with Crippen LogP contribution in [0.15, 0.2) is 0 Å². The number of carbonyl (C=O) groups is 4. The summed E-state index contributed by atoms with van der Waals surface area (Å²) < 4.78 is 38.0. The van der Waals surface area contributed by atoms with Gasteiger partial charge in [-0.2, -0.15) is 8.42 Å². The van der Waals surface area contributed by atoms with E-state index in [9.17, 15) is 37.8 Å². The number of carbonyl (C=O) groups excluding carboxylic acids is 3. The maximum atomic E-state index is 13.4. The zero-order chi connectivity index (χ0) is 49.5. The highest BCUT2D eigenvalue weighted by Gasteiger charge is 2.78. The lowest BCUT2D eigenvalue weighted by molar-refractivity contribution is -0.167. The fraction of sp³-hybridized carbons (Fsp3) is 0.927. The number of aliphatic hydroxyl groups excluding tert-OH is 1. The van der Waals surface area contributed by atoms with E-state index in [1.807, 2.05) is 0 Å². The highest BCUT2D eigenvalue weighted by Crippen LogP contribution is 2.76. The minimum absolute atomic E-state index is 0.0140. The SMILES string of the molecule is C[C@H](CCC(=O)O)[C@H]1CC[C@@H]2[C@]1(C)CC[C@@H]1[C@]23O[C@H]3CC2C[C@H](NC(=O)CCCC(=O)N[C@H]3CC[C@]4(C)C(C3)C[C@@H](O)[C@H]3C4CC[C@]4(C)C3CC[C@H]4[C@@H](C)CCC(=O)NCCS(=O)(=O)O)CC[C@@]21C. The monoisotopic (exact) mass is 984 g/mol. The van der Waals surface area contributed by atoms with Crippen molar-refractivity contribution >= 4 is 33.8 Å². The van der Waals surface area contributed by atoms with Crippen LogP contribution >= 0.6 is 0 Å². The van der Waals surface area contributed by atoms with E-state index in [-0.39, 0.29) is 82.1 Å². The van der Waals surface area contributed by atoms with Gasteiger partial charge in [0.25, 0.3) is 10.1 Å². The Bertz CT molecular complexity index is 2070. The summed E-state index contributed by atoms with van der Waals surface area (Å²) in [6.45, 7) is 14.4. The number of carboxylic acids is 1. The molecule has 8 saturated carbocycles. The molecule has 0 radical (unpaired) electrons. The summed E-state index contributed by atoms with van der Waals surface area (Å²) in [6, 6.07) is 0.251. The third kappa shape index (κ3) is 9.48. The summed E-state index contributed by atoms with van der Waals surface area (Å²) in [5, 5.41) is 30.7. The second kappa shape index (κ2) is 19.2. The lowest BCUT2D eigenvalue weighted by Gasteiger charge is -2.62. The van der Waals surface area contributed by atoms with Crippen molar-refractivity contribution in [2.75, 3.05) is 12.3 Å². The Labute approximate surface area is 413 Å². The van der Waals surface area contributed by atoms with Gasteiger partial charge in [-0.1, -0.05) is 41.5 Å². The molecular formula is C55H89N3O10S. The molecule has 6 N–H and O–H groups in total. The van der Waals surface area contributed by atoms with Crippen LogP contribution in [0.5, 0.6) is 0 Å². The second-order valence-corrected chi connectivity index (χ2v) is 27.8.